The summed E-state index contributed by atoms with van der Waals surface area (Å²) in [5, 5.41) is 11.2. The summed E-state index contributed by atoms with van der Waals surface area (Å²) in [4.78, 5) is 8.41. The Labute approximate surface area is 160 Å². The first-order valence-corrected chi connectivity index (χ1v) is 9.04. The summed E-state index contributed by atoms with van der Waals surface area (Å²) in [5.74, 6) is 0.776. The third-order valence-electron chi connectivity index (χ3n) is 4.69. The van der Waals surface area contributed by atoms with E-state index in [1.54, 1.807) is 13.2 Å². The lowest BCUT2D eigenvalue weighted by Crippen LogP contribution is -2.36. The zero-order valence-corrected chi connectivity index (χ0v) is 16.4. The van der Waals surface area contributed by atoms with Crippen molar-refractivity contribution in [1.82, 2.24) is 30.0 Å². The number of nitrogens with zero attached hydrogens (tertiary/aromatic N) is 5. The van der Waals surface area contributed by atoms with Crippen molar-refractivity contribution in [2.45, 2.75) is 33.5 Å². The molecule has 0 fully saturated rings. The molecule has 0 saturated heterocycles. The molecule has 1 aromatic carbocycles. The van der Waals surface area contributed by atoms with Gasteiger partial charge >= 0.3 is 0 Å². The molecule has 0 atom stereocenters. The number of aryl methyl sites for hydroxylation is 2. The van der Waals surface area contributed by atoms with Crippen LogP contribution in [0.1, 0.15) is 28.1 Å². The molecule has 0 aliphatic heterocycles. The highest BCUT2D eigenvalue weighted by molar-refractivity contribution is 5.79. The van der Waals surface area contributed by atoms with Crippen molar-refractivity contribution >= 4 is 5.96 Å². The van der Waals surface area contributed by atoms with Crippen molar-refractivity contribution in [3.05, 3.63) is 71.1 Å². The number of nitrogens with one attached hydrogen (secondary N) is 2. The van der Waals surface area contributed by atoms with Crippen molar-refractivity contribution in [2.75, 3.05) is 7.05 Å². The van der Waals surface area contributed by atoms with E-state index in [4.69, 9.17) is 0 Å². The van der Waals surface area contributed by atoms with Crippen LogP contribution in [0.25, 0.3) is 0 Å². The first-order chi connectivity index (χ1) is 13.1. The Morgan fingerprint density at radius 1 is 1.15 bits per heavy atom. The van der Waals surface area contributed by atoms with E-state index < -0.39 is 0 Å². The van der Waals surface area contributed by atoms with Crippen LogP contribution in [0.4, 0.5) is 0 Å². The molecule has 7 nitrogen and oxygen atoms in total. The van der Waals surface area contributed by atoms with Gasteiger partial charge in [0.1, 0.15) is 0 Å². The Bertz CT molecular complexity index is 907. The fourth-order valence-electron chi connectivity index (χ4n) is 3.08. The lowest BCUT2D eigenvalue weighted by atomic mass is 10.1. The third-order valence-corrected chi connectivity index (χ3v) is 4.69. The van der Waals surface area contributed by atoms with Crippen molar-refractivity contribution in [3.63, 3.8) is 0 Å². The third kappa shape index (κ3) is 4.75. The van der Waals surface area contributed by atoms with Crippen LogP contribution in [-0.4, -0.2) is 32.3 Å². The van der Waals surface area contributed by atoms with E-state index in [9.17, 15) is 0 Å². The SMILES string of the molecule is CN=C(NCc1cccc(Cn2ccnc2)c1)NCc1c(C)nn(C)c1C. The van der Waals surface area contributed by atoms with E-state index in [0.717, 1.165) is 18.2 Å². The summed E-state index contributed by atoms with van der Waals surface area (Å²) < 4.78 is 3.97. The van der Waals surface area contributed by atoms with Gasteiger partial charge in [0.05, 0.1) is 12.0 Å². The van der Waals surface area contributed by atoms with E-state index in [0.29, 0.717) is 13.1 Å². The molecule has 0 aliphatic carbocycles. The zero-order chi connectivity index (χ0) is 19.2. The van der Waals surface area contributed by atoms with Crippen LogP contribution in [-0.2, 0) is 26.7 Å². The average molecular weight is 365 g/mol. The first kappa shape index (κ1) is 18.7. The number of hydrogen-bond acceptors (Lipinski definition) is 3. The molecule has 0 amide bonds. The zero-order valence-electron chi connectivity index (χ0n) is 16.4. The Morgan fingerprint density at radius 2 is 1.93 bits per heavy atom. The molecule has 0 bridgehead atoms. The highest BCUT2D eigenvalue weighted by Gasteiger charge is 2.09. The highest BCUT2D eigenvalue weighted by Crippen LogP contribution is 2.11. The first-order valence-electron chi connectivity index (χ1n) is 9.04. The Balaban J connectivity index is 1.56. The van der Waals surface area contributed by atoms with Gasteiger partial charge < -0.3 is 15.2 Å². The highest BCUT2D eigenvalue weighted by atomic mass is 15.3. The van der Waals surface area contributed by atoms with Crippen LogP contribution in [0.2, 0.25) is 0 Å². The number of aromatic nitrogens is 4. The minimum absolute atomic E-state index is 0.700. The molecule has 3 rings (SSSR count). The van der Waals surface area contributed by atoms with Gasteiger partial charge in [-0.2, -0.15) is 5.10 Å². The van der Waals surface area contributed by atoms with Crippen molar-refractivity contribution in [3.8, 4) is 0 Å². The quantitative estimate of drug-likeness (QED) is 0.519. The Kier molecular flexibility index (Phi) is 5.90. The molecule has 2 aromatic heterocycles. The molecular formula is C20H27N7. The van der Waals surface area contributed by atoms with Gasteiger partial charge in [-0.3, -0.25) is 9.67 Å². The summed E-state index contributed by atoms with van der Waals surface area (Å²) >= 11 is 0. The number of benzene rings is 1. The van der Waals surface area contributed by atoms with Gasteiger partial charge in [-0.05, 0) is 25.0 Å². The summed E-state index contributed by atoms with van der Waals surface area (Å²) in [6, 6.07) is 8.54. The van der Waals surface area contributed by atoms with Crippen molar-refractivity contribution in [1.29, 1.82) is 0 Å². The van der Waals surface area contributed by atoms with Crippen LogP contribution < -0.4 is 10.6 Å². The molecule has 0 spiro atoms. The van der Waals surface area contributed by atoms with E-state index in [-0.39, 0.29) is 0 Å². The smallest absolute Gasteiger partial charge is 0.191 e. The van der Waals surface area contributed by atoms with Gasteiger partial charge in [0, 0.05) is 57.4 Å². The molecule has 0 unspecified atom stereocenters. The van der Waals surface area contributed by atoms with Crippen LogP contribution in [0.5, 0.6) is 0 Å². The monoisotopic (exact) mass is 365 g/mol. The summed E-state index contributed by atoms with van der Waals surface area (Å²) in [5.41, 5.74) is 5.89. The lowest BCUT2D eigenvalue weighted by molar-refractivity contribution is 0.728. The maximum atomic E-state index is 4.46. The predicted octanol–water partition coefficient (Wildman–Crippen LogP) is 2.15. The fourth-order valence-corrected chi connectivity index (χ4v) is 3.08. The van der Waals surface area contributed by atoms with Gasteiger partial charge in [0.25, 0.3) is 0 Å². The van der Waals surface area contributed by atoms with Crippen molar-refractivity contribution in [2.24, 2.45) is 12.0 Å². The molecule has 142 valence electrons. The van der Waals surface area contributed by atoms with E-state index in [1.165, 1.54) is 22.4 Å². The minimum Gasteiger partial charge on any atom is -0.352 e. The summed E-state index contributed by atoms with van der Waals surface area (Å²) in [6.07, 6.45) is 5.60. The van der Waals surface area contributed by atoms with Gasteiger partial charge in [-0.25, -0.2) is 4.98 Å². The number of hydrogen-bond donors (Lipinski definition) is 2. The largest absolute Gasteiger partial charge is 0.352 e. The molecule has 2 N–H and O–H groups in total. The second-order valence-electron chi connectivity index (χ2n) is 6.61. The van der Waals surface area contributed by atoms with Gasteiger partial charge in [-0.1, -0.05) is 24.3 Å². The van der Waals surface area contributed by atoms with Gasteiger partial charge in [0.15, 0.2) is 5.96 Å². The van der Waals surface area contributed by atoms with E-state index >= 15 is 0 Å². The molecule has 27 heavy (non-hydrogen) atoms. The summed E-state index contributed by atoms with van der Waals surface area (Å²) in [7, 11) is 3.75. The van der Waals surface area contributed by atoms with Gasteiger partial charge in [0.2, 0.25) is 0 Å². The van der Waals surface area contributed by atoms with Gasteiger partial charge in [-0.15, -0.1) is 0 Å². The molecule has 7 heteroatoms. The topological polar surface area (TPSA) is 72.1 Å². The number of imidazole rings is 1. The number of rotatable bonds is 6. The fraction of sp³-hybridized carbons (Fsp3) is 0.350. The number of aliphatic imine (C=N–C) groups is 1. The van der Waals surface area contributed by atoms with Crippen LogP contribution in [0, 0.1) is 13.8 Å². The van der Waals surface area contributed by atoms with Crippen LogP contribution in [0.3, 0.4) is 0 Å². The van der Waals surface area contributed by atoms with Crippen LogP contribution in [0.15, 0.2) is 48.0 Å². The maximum absolute atomic E-state index is 4.46. The molecule has 0 saturated carbocycles. The van der Waals surface area contributed by atoms with Crippen LogP contribution >= 0.6 is 0 Å². The second kappa shape index (κ2) is 8.53. The van der Waals surface area contributed by atoms with E-state index in [2.05, 4.69) is 61.5 Å². The normalized spacial score (nSPS) is 11.6. The molecule has 3 aromatic rings. The predicted molar refractivity (Wildman–Crippen MR) is 107 cm³/mol. The second-order valence-corrected chi connectivity index (χ2v) is 6.61. The minimum atomic E-state index is 0.700. The van der Waals surface area contributed by atoms with E-state index in [1.807, 2.05) is 31.2 Å². The van der Waals surface area contributed by atoms with Crippen molar-refractivity contribution < 1.29 is 0 Å². The lowest BCUT2D eigenvalue weighted by Gasteiger charge is -2.13. The average Bonchev–Trinajstić information content (AvgIpc) is 3.25. The molecule has 2 heterocycles. The molecular weight excluding hydrogens is 338 g/mol. The molecule has 0 radical (unpaired) electrons. The molecule has 0 aliphatic rings. The summed E-state index contributed by atoms with van der Waals surface area (Å²) in [6.45, 7) is 6.35. The number of guanidine groups is 1. The Morgan fingerprint density at radius 3 is 2.59 bits per heavy atom. The maximum Gasteiger partial charge on any atom is 0.191 e. The standard InChI is InChI=1S/C20H27N7/c1-15-19(16(2)26(4)25-15)12-24-20(21-3)23-11-17-6-5-7-18(10-17)13-27-9-8-22-14-27/h5-10,14H,11-13H2,1-4H3,(H2,21,23,24). The Hall–Kier alpha value is -3.09.